The van der Waals surface area contributed by atoms with Crippen LogP contribution in [0.25, 0.3) is 0 Å². The van der Waals surface area contributed by atoms with Gasteiger partial charge in [0.25, 0.3) is 0 Å². The van der Waals surface area contributed by atoms with Gasteiger partial charge in [-0.1, -0.05) is 18.5 Å². The molecule has 1 aliphatic heterocycles. The van der Waals surface area contributed by atoms with E-state index < -0.39 is 6.10 Å². The number of rotatable bonds is 4. The second-order valence-electron chi connectivity index (χ2n) is 4.18. The molecule has 16 heavy (non-hydrogen) atoms. The maximum absolute atomic E-state index is 9.72. The molecule has 0 aliphatic carbocycles. The number of aliphatic hydroxyl groups is 1. The Bertz CT molecular complexity index is 321. The van der Waals surface area contributed by atoms with Crippen LogP contribution in [0.15, 0.2) is 4.52 Å². The van der Waals surface area contributed by atoms with Gasteiger partial charge in [-0.25, -0.2) is 0 Å². The quantitative estimate of drug-likeness (QED) is 0.847. The Morgan fingerprint density at radius 2 is 2.19 bits per heavy atom. The average Bonchev–Trinajstić information content (AvgIpc) is 2.80. The van der Waals surface area contributed by atoms with Gasteiger partial charge in [-0.05, 0) is 19.3 Å². The Morgan fingerprint density at radius 3 is 2.88 bits per heavy atom. The van der Waals surface area contributed by atoms with Crippen LogP contribution >= 0.6 is 0 Å². The fourth-order valence-corrected chi connectivity index (χ4v) is 1.90. The summed E-state index contributed by atoms with van der Waals surface area (Å²) < 4.78 is 10.5. The van der Waals surface area contributed by atoms with Gasteiger partial charge in [-0.2, -0.15) is 4.98 Å². The Morgan fingerprint density at radius 1 is 1.44 bits per heavy atom. The predicted octanol–water partition coefficient (Wildman–Crippen LogP) is 1.80. The summed E-state index contributed by atoms with van der Waals surface area (Å²) in [4.78, 5) is 4.27. The standard InChI is InChI=1S/C11H18N2O3/c1-2-3-9(14)10-12-11(16-13-10)8-4-6-15-7-5-8/h8-9,14H,2-7H2,1H3. The van der Waals surface area contributed by atoms with Crippen LogP contribution in [0.2, 0.25) is 0 Å². The molecule has 5 nitrogen and oxygen atoms in total. The van der Waals surface area contributed by atoms with Crippen molar-refractivity contribution in [3.63, 3.8) is 0 Å². The molecule has 0 amide bonds. The highest BCUT2D eigenvalue weighted by molar-refractivity contribution is 4.97. The molecule has 1 saturated heterocycles. The van der Waals surface area contributed by atoms with Gasteiger partial charge in [0.1, 0.15) is 6.10 Å². The van der Waals surface area contributed by atoms with Gasteiger partial charge in [-0.3, -0.25) is 0 Å². The van der Waals surface area contributed by atoms with Crippen LogP contribution in [-0.4, -0.2) is 28.5 Å². The van der Waals surface area contributed by atoms with E-state index in [4.69, 9.17) is 9.26 Å². The number of ether oxygens (including phenoxy) is 1. The first-order valence-electron chi connectivity index (χ1n) is 5.90. The lowest BCUT2D eigenvalue weighted by molar-refractivity contribution is 0.0778. The molecule has 2 heterocycles. The zero-order valence-electron chi connectivity index (χ0n) is 9.56. The van der Waals surface area contributed by atoms with Crippen LogP contribution in [0.3, 0.4) is 0 Å². The lowest BCUT2D eigenvalue weighted by Crippen LogP contribution is -2.14. The monoisotopic (exact) mass is 226 g/mol. The summed E-state index contributed by atoms with van der Waals surface area (Å²) in [6.45, 7) is 3.52. The Balaban J connectivity index is 2.00. The van der Waals surface area contributed by atoms with E-state index in [1.165, 1.54) is 0 Å². The number of hydrogen-bond donors (Lipinski definition) is 1. The van der Waals surface area contributed by atoms with Crippen molar-refractivity contribution in [2.75, 3.05) is 13.2 Å². The first-order valence-corrected chi connectivity index (χ1v) is 5.90. The van der Waals surface area contributed by atoms with E-state index in [0.717, 1.165) is 32.5 Å². The minimum atomic E-state index is -0.595. The lowest BCUT2D eigenvalue weighted by atomic mass is 10.0. The molecule has 1 aromatic rings. The van der Waals surface area contributed by atoms with Crippen LogP contribution in [-0.2, 0) is 4.74 Å². The highest BCUT2D eigenvalue weighted by atomic mass is 16.5. The van der Waals surface area contributed by atoms with Crippen LogP contribution in [0, 0.1) is 0 Å². The van der Waals surface area contributed by atoms with Gasteiger partial charge >= 0.3 is 0 Å². The Hall–Kier alpha value is -0.940. The van der Waals surface area contributed by atoms with E-state index >= 15 is 0 Å². The third-order valence-electron chi connectivity index (χ3n) is 2.89. The summed E-state index contributed by atoms with van der Waals surface area (Å²) >= 11 is 0. The molecule has 0 aromatic carbocycles. The molecule has 1 aromatic heterocycles. The largest absolute Gasteiger partial charge is 0.385 e. The first kappa shape index (κ1) is 11.5. The van der Waals surface area contributed by atoms with E-state index in [1.807, 2.05) is 6.92 Å². The number of nitrogens with zero attached hydrogens (tertiary/aromatic N) is 2. The minimum absolute atomic E-state index is 0.295. The zero-order chi connectivity index (χ0) is 11.4. The topological polar surface area (TPSA) is 68.4 Å². The van der Waals surface area contributed by atoms with Crippen molar-refractivity contribution >= 4 is 0 Å². The smallest absolute Gasteiger partial charge is 0.230 e. The molecule has 90 valence electrons. The molecule has 2 rings (SSSR count). The molecule has 1 atom stereocenters. The van der Waals surface area contributed by atoms with Crippen molar-refractivity contribution in [3.8, 4) is 0 Å². The molecule has 1 aliphatic rings. The lowest BCUT2D eigenvalue weighted by Gasteiger charge is -2.17. The van der Waals surface area contributed by atoms with E-state index in [0.29, 0.717) is 24.1 Å². The maximum atomic E-state index is 9.72. The van der Waals surface area contributed by atoms with Crippen LogP contribution in [0.1, 0.15) is 56.3 Å². The van der Waals surface area contributed by atoms with Crippen molar-refractivity contribution in [3.05, 3.63) is 11.7 Å². The fourth-order valence-electron chi connectivity index (χ4n) is 1.90. The van der Waals surface area contributed by atoms with Gasteiger partial charge in [0.2, 0.25) is 5.89 Å². The van der Waals surface area contributed by atoms with E-state index in [1.54, 1.807) is 0 Å². The summed E-state index contributed by atoms with van der Waals surface area (Å²) in [5, 5.41) is 13.6. The third kappa shape index (κ3) is 2.59. The summed E-state index contributed by atoms with van der Waals surface area (Å²) in [5.41, 5.74) is 0. The van der Waals surface area contributed by atoms with Crippen molar-refractivity contribution in [2.24, 2.45) is 0 Å². The van der Waals surface area contributed by atoms with E-state index in [2.05, 4.69) is 10.1 Å². The van der Waals surface area contributed by atoms with Crippen LogP contribution in [0.5, 0.6) is 0 Å². The van der Waals surface area contributed by atoms with Crippen LogP contribution < -0.4 is 0 Å². The molecule has 1 N–H and O–H groups in total. The second-order valence-corrected chi connectivity index (χ2v) is 4.18. The van der Waals surface area contributed by atoms with Gasteiger partial charge < -0.3 is 14.4 Å². The molecule has 5 heteroatoms. The molecular weight excluding hydrogens is 208 g/mol. The summed E-state index contributed by atoms with van der Waals surface area (Å²) in [5.74, 6) is 1.36. The predicted molar refractivity (Wildman–Crippen MR) is 57.0 cm³/mol. The molecule has 0 spiro atoms. The minimum Gasteiger partial charge on any atom is -0.385 e. The molecule has 0 radical (unpaired) electrons. The van der Waals surface area contributed by atoms with Gasteiger partial charge in [0, 0.05) is 19.1 Å². The fraction of sp³-hybridized carbons (Fsp3) is 0.818. The second kappa shape index (κ2) is 5.41. The Labute approximate surface area is 94.8 Å². The van der Waals surface area contributed by atoms with Crippen LogP contribution in [0.4, 0.5) is 0 Å². The van der Waals surface area contributed by atoms with E-state index in [-0.39, 0.29) is 0 Å². The zero-order valence-corrected chi connectivity index (χ0v) is 9.56. The SMILES string of the molecule is CCCC(O)c1noc(C2CCOCC2)n1. The van der Waals surface area contributed by atoms with Gasteiger partial charge in [0.05, 0.1) is 0 Å². The summed E-state index contributed by atoms with van der Waals surface area (Å²) in [6, 6.07) is 0. The number of aliphatic hydroxyl groups excluding tert-OH is 1. The van der Waals surface area contributed by atoms with Gasteiger partial charge in [-0.15, -0.1) is 0 Å². The van der Waals surface area contributed by atoms with Gasteiger partial charge in [0.15, 0.2) is 5.82 Å². The molecular formula is C11H18N2O3. The molecule has 0 saturated carbocycles. The number of hydrogen-bond acceptors (Lipinski definition) is 5. The van der Waals surface area contributed by atoms with Crippen molar-refractivity contribution < 1.29 is 14.4 Å². The van der Waals surface area contributed by atoms with E-state index in [9.17, 15) is 5.11 Å². The number of aromatic nitrogens is 2. The van der Waals surface area contributed by atoms with Crippen molar-refractivity contribution in [2.45, 2.75) is 44.6 Å². The highest BCUT2D eigenvalue weighted by Gasteiger charge is 2.23. The molecule has 1 unspecified atom stereocenters. The third-order valence-corrected chi connectivity index (χ3v) is 2.89. The maximum Gasteiger partial charge on any atom is 0.230 e. The van der Waals surface area contributed by atoms with Crippen molar-refractivity contribution in [1.82, 2.24) is 10.1 Å². The van der Waals surface area contributed by atoms with Crippen molar-refractivity contribution in [1.29, 1.82) is 0 Å². The normalized spacial score (nSPS) is 19.9. The molecule has 0 bridgehead atoms. The molecule has 1 fully saturated rings. The highest BCUT2D eigenvalue weighted by Crippen LogP contribution is 2.26. The summed E-state index contributed by atoms with van der Waals surface area (Å²) in [6.07, 6.45) is 2.83. The Kier molecular flexibility index (Phi) is 3.90. The average molecular weight is 226 g/mol. The first-order chi connectivity index (χ1) is 7.81. The summed E-state index contributed by atoms with van der Waals surface area (Å²) in [7, 11) is 0.